The number of hydrogen-bond acceptors (Lipinski definition) is 4. The number of aryl methyl sites for hydroxylation is 1. The number of aromatic nitrogens is 2. The summed E-state index contributed by atoms with van der Waals surface area (Å²) >= 11 is 7.55. The number of hydrogen-bond donors (Lipinski definition) is 0. The lowest BCUT2D eigenvalue weighted by Gasteiger charge is -2.16. The first-order chi connectivity index (χ1) is 8.58. The average molecular weight is 282 g/mol. The van der Waals surface area contributed by atoms with Gasteiger partial charge in [0.25, 0.3) is 5.91 Å². The Morgan fingerprint density at radius 2 is 2.28 bits per heavy atom. The highest BCUT2D eigenvalue weighted by Crippen LogP contribution is 2.18. The summed E-state index contributed by atoms with van der Waals surface area (Å²) < 4.78 is 0. The van der Waals surface area contributed by atoms with Crippen LogP contribution < -0.4 is 0 Å². The largest absolute Gasteiger partial charge is 0.336 e. The first kappa shape index (κ1) is 13.0. The predicted molar refractivity (Wildman–Crippen MR) is 71.9 cm³/mol. The van der Waals surface area contributed by atoms with Crippen molar-refractivity contribution in [1.82, 2.24) is 14.9 Å². The van der Waals surface area contributed by atoms with Crippen LogP contribution in [0.3, 0.4) is 0 Å². The van der Waals surface area contributed by atoms with Crippen LogP contribution in [-0.4, -0.2) is 27.8 Å². The quantitative estimate of drug-likeness (QED) is 0.869. The van der Waals surface area contributed by atoms with E-state index in [0.717, 1.165) is 9.88 Å². The SMILES string of the molecule is Cc1ncc(CN(C)C(=O)c2cnccc2Cl)s1. The molecule has 1 amide bonds. The molecule has 0 saturated carbocycles. The molecule has 6 heteroatoms. The lowest BCUT2D eigenvalue weighted by Crippen LogP contribution is -2.26. The van der Waals surface area contributed by atoms with Crippen molar-refractivity contribution in [1.29, 1.82) is 0 Å². The Bertz CT molecular complexity index is 570. The van der Waals surface area contributed by atoms with E-state index in [1.165, 1.54) is 6.20 Å². The van der Waals surface area contributed by atoms with E-state index in [4.69, 9.17) is 11.6 Å². The maximum absolute atomic E-state index is 12.2. The zero-order chi connectivity index (χ0) is 13.1. The second-order valence-corrected chi connectivity index (χ2v) is 5.59. The van der Waals surface area contributed by atoms with E-state index in [-0.39, 0.29) is 5.91 Å². The normalized spacial score (nSPS) is 10.4. The van der Waals surface area contributed by atoms with E-state index in [9.17, 15) is 4.79 Å². The van der Waals surface area contributed by atoms with Gasteiger partial charge in [0, 0.05) is 30.5 Å². The van der Waals surface area contributed by atoms with Crippen molar-refractivity contribution in [2.45, 2.75) is 13.5 Å². The maximum atomic E-state index is 12.2. The van der Waals surface area contributed by atoms with Crippen molar-refractivity contribution >= 4 is 28.8 Å². The molecule has 18 heavy (non-hydrogen) atoms. The van der Waals surface area contributed by atoms with E-state index in [1.807, 2.05) is 6.92 Å². The van der Waals surface area contributed by atoms with E-state index in [2.05, 4.69) is 9.97 Å². The highest BCUT2D eigenvalue weighted by molar-refractivity contribution is 7.11. The molecule has 0 radical (unpaired) electrons. The Balaban J connectivity index is 2.12. The fourth-order valence-corrected chi connectivity index (χ4v) is 2.56. The van der Waals surface area contributed by atoms with Gasteiger partial charge in [-0.2, -0.15) is 0 Å². The Labute approximate surface area is 114 Å². The fourth-order valence-electron chi connectivity index (χ4n) is 1.52. The molecule has 0 aliphatic carbocycles. The lowest BCUT2D eigenvalue weighted by molar-refractivity contribution is 0.0786. The van der Waals surface area contributed by atoms with Crippen LogP contribution in [0.4, 0.5) is 0 Å². The van der Waals surface area contributed by atoms with Gasteiger partial charge in [-0.15, -0.1) is 11.3 Å². The minimum Gasteiger partial charge on any atom is -0.336 e. The van der Waals surface area contributed by atoms with Crippen molar-refractivity contribution in [2.75, 3.05) is 7.05 Å². The molecule has 94 valence electrons. The van der Waals surface area contributed by atoms with Crippen molar-refractivity contribution in [3.05, 3.63) is 45.1 Å². The third-order valence-corrected chi connectivity index (χ3v) is 3.63. The Morgan fingerprint density at radius 3 is 2.89 bits per heavy atom. The molecule has 0 atom stereocenters. The molecule has 0 N–H and O–H groups in total. The van der Waals surface area contributed by atoms with E-state index in [1.54, 1.807) is 41.7 Å². The summed E-state index contributed by atoms with van der Waals surface area (Å²) in [6.07, 6.45) is 4.83. The van der Waals surface area contributed by atoms with Crippen LogP contribution in [0.2, 0.25) is 5.02 Å². The molecule has 0 aromatic carbocycles. The Hall–Kier alpha value is -1.46. The highest BCUT2D eigenvalue weighted by Gasteiger charge is 2.16. The molecular formula is C12H12ClN3OS. The van der Waals surface area contributed by atoms with Crippen LogP contribution in [0.25, 0.3) is 0 Å². The van der Waals surface area contributed by atoms with Crippen molar-refractivity contribution < 1.29 is 4.79 Å². The van der Waals surface area contributed by atoms with E-state index >= 15 is 0 Å². The molecule has 0 aliphatic heterocycles. The molecule has 0 spiro atoms. The molecule has 2 heterocycles. The molecule has 0 saturated heterocycles. The lowest BCUT2D eigenvalue weighted by atomic mass is 10.2. The highest BCUT2D eigenvalue weighted by atomic mass is 35.5. The van der Waals surface area contributed by atoms with Gasteiger partial charge in [-0.1, -0.05) is 11.6 Å². The molecule has 2 aromatic heterocycles. The average Bonchev–Trinajstić information content (AvgIpc) is 2.74. The summed E-state index contributed by atoms with van der Waals surface area (Å²) in [7, 11) is 1.74. The summed E-state index contributed by atoms with van der Waals surface area (Å²) in [5.41, 5.74) is 0.419. The van der Waals surface area contributed by atoms with Gasteiger partial charge in [-0.3, -0.25) is 9.78 Å². The predicted octanol–water partition coefficient (Wildman–Crippen LogP) is 2.77. The minimum absolute atomic E-state index is 0.140. The number of rotatable bonds is 3. The van der Waals surface area contributed by atoms with Gasteiger partial charge in [0.15, 0.2) is 0 Å². The molecule has 2 aromatic rings. The third-order valence-electron chi connectivity index (χ3n) is 2.41. The second kappa shape index (κ2) is 5.46. The molecule has 0 aliphatic rings. The molecule has 0 fully saturated rings. The van der Waals surface area contributed by atoms with Gasteiger partial charge in [-0.25, -0.2) is 4.98 Å². The number of pyridine rings is 1. The standard InChI is InChI=1S/C12H12ClN3OS/c1-8-15-5-9(18-8)7-16(2)12(17)10-6-14-4-3-11(10)13/h3-6H,7H2,1-2H3. The third kappa shape index (κ3) is 2.86. The van der Waals surface area contributed by atoms with E-state index < -0.39 is 0 Å². The summed E-state index contributed by atoms with van der Waals surface area (Å²) in [4.78, 5) is 22.9. The van der Waals surface area contributed by atoms with Gasteiger partial charge in [0.1, 0.15) is 0 Å². The van der Waals surface area contributed by atoms with Crippen LogP contribution in [0.1, 0.15) is 20.2 Å². The minimum atomic E-state index is -0.140. The van der Waals surface area contributed by atoms with Crippen molar-refractivity contribution in [2.24, 2.45) is 0 Å². The van der Waals surface area contributed by atoms with Gasteiger partial charge < -0.3 is 4.90 Å². The summed E-state index contributed by atoms with van der Waals surface area (Å²) in [6, 6.07) is 1.61. The van der Waals surface area contributed by atoms with Crippen molar-refractivity contribution in [3.63, 3.8) is 0 Å². The summed E-state index contributed by atoms with van der Waals surface area (Å²) in [5.74, 6) is -0.140. The first-order valence-corrected chi connectivity index (χ1v) is 6.53. The first-order valence-electron chi connectivity index (χ1n) is 5.34. The zero-order valence-electron chi connectivity index (χ0n) is 10.1. The van der Waals surface area contributed by atoms with Gasteiger partial charge in [0.2, 0.25) is 0 Å². The maximum Gasteiger partial charge on any atom is 0.257 e. The Morgan fingerprint density at radius 1 is 1.50 bits per heavy atom. The Kier molecular flexibility index (Phi) is 3.93. The van der Waals surface area contributed by atoms with E-state index in [0.29, 0.717) is 17.1 Å². The second-order valence-electron chi connectivity index (χ2n) is 3.86. The number of amides is 1. The zero-order valence-corrected chi connectivity index (χ0v) is 11.6. The van der Waals surface area contributed by atoms with Crippen LogP contribution in [0, 0.1) is 6.92 Å². The van der Waals surface area contributed by atoms with Crippen LogP contribution in [-0.2, 0) is 6.54 Å². The van der Waals surface area contributed by atoms with Crippen LogP contribution >= 0.6 is 22.9 Å². The molecular weight excluding hydrogens is 270 g/mol. The topological polar surface area (TPSA) is 46.1 Å². The smallest absolute Gasteiger partial charge is 0.257 e. The van der Waals surface area contributed by atoms with Gasteiger partial charge >= 0.3 is 0 Å². The van der Waals surface area contributed by atoms with Crippen LogP contribution in [0.15, 0.2) is 24.7 Å². The fraction of sp³-hybridized carbons (Fsp3) is 0.250. The molecule has 0 bridgehead atoms. The number of carbonyl (C=O) groups is 1. The van der Waals surface area contributed by atoms with Gasteiger partial charge in [0.05, 0.1) is 22.1 Å². The van der Waals surface area contributed by atoms with Crippen molar-refractivity contribution in [3.8, 4) is 0 Å². The summed E-state index contributed by atoms with van der Waals surface area (Å²) in [6.45, 7) is 2.46. The molecule has 2 rings (SSSR count). The molecule has 4 nitrogen and oxygen atoms in total. The van der Waals surface area contributed by atoms with Crippen LogP contribution in [0.5, 0.6) is 0 Å². The molecule has 0 unspecified atom stereocenters. The monoisotopic (exact) mass is 281 g/mol. The number of nitrogens with zero attached hydrogens (tertiary/aromatic N) is 3. The number of carbonyl (C=O) groups excluding carboxylic acids is 1. The number of thiazole rings is 1. The number of halogens is 1. The van der Waals surface area contributed by atoms with Gasteiger partial charge in [-0.05, 0) is 13.0 Å². The summed E-state index contributed by atoms with van der Waals surface area (Å²) in [5, 5.41) is 1.41.